The van der Waals surface area contributed by atoms with Crippen LogP contribution in [0.5, 0.6) is 0 Å². The summed E-state index contributed by atoms with van der Waals surface area (Å²) in [6, 6.07) is 23.2. The number of anilines is 3. The molecule has 1 fully saturated rings. The molecule has 0 saturated carbocycles. The van der Waals surface area contributed by atoms with E-state index in [0.29, 0.717) is 6.54 Å². The first kappa shape index (κ1) is 20.3. The van der Waals surface area contributed by atoms with E-state index in [1.165, 1.54) is 16.8 Å². The Labute approximate surface area is 189 Å². The predicted molar refractivity (Wildman–Crippen MR) is 137 cm³/mol. The molecule has 0 amide bonds. The second kappa shape index (κ2) is 8.89. The first-order chi connectivity index (χ1) is 15.7. The number of benzene rings is 3. The SMILES string of the molecule is CN1CCN(c2ccc(NC=C3CN=Cc4ccc(-c5cccc(N)c5)cc43)cc2)CC1. The number of nitrogens with two attached hydrogens (primary N) is 1. The van der Waals surface area contributed by atoms with Crippen molar-refractivity contribution in [3.05, 3.63) is 84.1 Å². The second-order valence-electron chi connectivity index (χ2n) is 8.55. The fourth-order valence-electron chi connectivity index (χ4n) is 4.30. The number of hydrogen-bond acceptors (Lipinski definition) is 5. The van der Waals surface area contributed by atoms with Crippen molar-refractivity contribution >= 4 is 28.8 Å². The molecule has 0 spiro atoms. The third-order valence-electron chi connectivity index (χ3n) is 6.26. The topological polar surface area (TPSA) is 56.9 Å². The molecule has 162 valence electrons. The third-order valence-corrected chi connectivity index (χ3v) is 6.26. The quantitative estimate of drug-likeness (QED) is 0.604. The van der Waals surface area contributed by atoms with Crippen LogP contribution in [0.4, 0.5) is 17.1 Å². The minimum absolute atomic E-state index is 0.666. The minimum Gasteiger partial charge on any atom is -0.399 e. The first-order valence-corrected chi connectivity index (χ1v) is 11.1. The van der Waals surface area contributed by atoms with Crippen molar-refractivity contribution in [3.8, 4) is 11.1 Å². The fourth-order valence-corrected chi connectivity index (χ4v) is 4.30. The fraction of sp³-hybridized carbons (Fsp3) is 0.222. The van der Waals surface area contributed by atoms with Gasteiger partial charge in [0, 0.05) is 55.7 Å². The predicted octanol–water partition coefficient (Wildman–Crippen LogP) is 4.57. The van der Waals surface area contributed by atoms with Gasteiger partial charge in [0.1, 0.15) is 0 Å². The van der Waals surface area contributed by atoms with E-state index >= 15 is 0 Å². The van der Waals surface area contributed by atoms with Crippen LogP contribution in [0.25, 0.3) is 16.7 Å². The van der Waals surface area contributed by atoms with Gasteiger partial charge >= 0.3 is 0 Å². The van der Waals surface area contributed by atoms with E-state index in [1.807, 2.05) is 24.4 Å². The molecular weight excluding hydrogens is 394 g/mol. The Kier molecular flexibility index (Phi) is 5.65. The van der Waals surface area contributed by atoms with Crippen molar-refractivity contribution in [2.24, 2.45) is 4.99 Å². The molecule has 2 heterocycles. The van der Waals surface area contributed by atoms with Gasteiger partial charge in [-0.15, -0.1) is 0 Å². The lowest BCUT2D eigenvalue weighted by Gasteiger charge is -2.34. The molecule has 32 heavy (non-hydrogen) atoms. The van der Waals surface area contributed by atoms with E-state index in [-0.39, 0.29) is 0 Å². The Morgan fingerprint density at radius 2 is 1.69 bits per heavy atom. The molecule has 0 unspecified atom stereocenters. The standard InChI is InChI=1S/C27H29N5/c1-31-11-13-32(14-12-31)26-9-7-25(8-10-26)30-19-23-18-29-17-22-6-5-21(16-27(22)23)20-3-2-4-24(28)15-20/h2-10,15-17,19,30H,11-14,18,28H2,1H3. The van der Waals surface area contributed by atoms with Gasteiger partial charge in [0.05, 0.1) is 6.54 Å². The Bertz CT molecular complexity index is 1150. The lowest BCUT2D eigenvalue weighted by atomic mass is 9.93. The van der Waals surface area contributed by atoms with Crippen molar-refractivity contribution in [2.75, 3.05) is 55.7 Å². The monoisotopic (exact) mass is 423 g/mol. The van der Waals surface area contributed by atoms with Crippen LogP contribution in [0.3, 0.4) is 0 Å². The Morgan fingerprint density at radius 3 is 2.47 bits per heavy atom. The number of nitrogens with zero attached hydrogens (tertiary/aromatic N) is 3. The van der Waals surface area contributed by atoms with Gasteiger partial charge < -0.3 is 20.9 Å². The first-order valence-electron chi connectivity index (χ1n) is 11.1. The van der Waals surface area contributed by atoms with E-state index in [4.69, 9.17) is 5.73 Å². The van der Waals surface area contributed by atoms with Gasteiger partial charge in [0.25, 0.3) is 0 Å². The zero-order valence-corrected chi connectivity index (χ0v) is 18.5. The number of aliphatic imine (C=N–C) groups is 1. The number of fused-ring (bicyclic) bond motifs is 1. The smallest absolute Gasteiger partial charge is 0.0660 e. The maximum atomic E-state index is 5.99. The number of hydrogen-bond donors (Lipinski definition) is 2. The second-order valence-corrected chi connectivity index (χ2v) is 8.55. The molecule has 2 aliphatic rings. The van der Waals surface area contributed by atoms with E-state index in [1.54, 1.807) is 0 Å². The number of rotatable bonds is 4. The molecule has 0 atom stereocenters. The van der Waals surface area contributed by atoms with Crippen molar-refractivity contribution in [3.63, 3.8) is 0 Å². The number of likely N-dealkylation sites (N-methyl/N-ethyl adjacent to an activating group) is 1. The van der Waals surface area contributed by atoms with Crippen molar-refractivity contribution in [1.29, 1.82) is 0 Å². The van der Waals surface area contributed by atoms with E-state index in [0.717, 1.165) is 54.2 Å². The van der Waals surface area contributed by atoms with Crippen LogP contribution in [-0.2, 0) is 0 Å². The molecule has 0 bridgehead atoms. The maximum Gasteiger partial charge on any atom is 0.0660 e. The molecule has 0 aromatic heterocycles. The summed E-state index contributed by atoms with van der Waals surface area (Å²) in [6.07, 6.45) is 4.05. The maximum absolute atomic E-state index is 5.99. The molecule has 2 aliphatic heterocycles. The summed E-state index contributed by atoms with van der Waals surface area (Å²) in [7, 11) is 2.18. The highest BCUT2D eigenvalue weighted by Gasteiger charge is 2.15. The van der Waals surface area contributed by atoms with Gasteiger partial charge in [-0.2, -0.15) is 0 Å². The third kappa shape index (κ3) is 4.39. The largest absolute Gasteiger partial charge is 0.399 e. The molecule has 3 aromatic carbocycles. The van der Waals surface area contributed by atoms with E-state index in [9.17, 15) is 0 Å². The number of nitrogen functional groups attached to an aromatic ring is 1. The zero-order chi connectivity index (χ0) is 21.9. The molecule has 5 nitrogen and oxygen atoms in total. The summed E-state index contributed by atoms with van der Waals surface area (Å²) in [5.74, 6) is 0. The molecule has 5 heteroatoms. The molecule has 0 radical (unpaired) electrons. The van der Waals surface area contributed by atoms with E-state index < -0.39 is 0 Å². The van der Waals surface area contributed by atoms with Crippen LogP contribution in [-0.4, -0.2) is 50.9 Å². The molecule has 3 aromatic rings. The minimum atomic E-state index is 0.666. The lowest BCUT2D eigenvalue weighted by molar-refractivity contribution is 0.313. The van der Waals surface area contributed by atoms with Gasteiger partial charge in [0.2, 0.25) is 0 Å². The summed E-state index contributed by atoms with van der Waals surface area (Å²) in [5.41, 5.74) is 15.0. The van der Waals surface area contributed by atoms with Gasteiger partial charge in [-0.3, -0.25) is 4.99 Å². The Morgan fingerprint density at radius 1 is 0.906 bits per heavy atom. The van der Waals surface area contributed by atoms with Crippen LogP contribution in [0.15, 0.2) is 77.9 Å². The van der Waals surface area contributed by atoms with Crippen LogP contribution < -0.4 is 16.0 Å². The summed E-state index contributed by atoms with van der Waals surface area (Å²) >= 11 is 0. The molecular formula is C27H29N5. The van der Waals surface area contributed by atoms with Gasteiger partial charge in [-0.1, -0.05) is 24.3 Å². The summed E-state index contributed by atoms with van der Waals surface area (Å²) in [5, 5.41) is 3.48. The van der Waals surface area contributed by atoms with Gasteiger partial charge in [-0.05, 0) is 77.3 Å². The van der Waals surface area contributed by atoms with Crippen LogP contribution in [0.2, 0.25) is 0 Å². The lowest BCUT2D eigenvalue weighted by Crippen LogP contribution is -2.44. The molecule has 3 N–H and O–H groups in total. The number of nitrogens with one attached hydrogen (secondary N) is 1. The normalized spacial score (nSPS) is 17.4. The van der Waals surface area contributed by atoms with Crippen molar-refractivity contribution in [2.45, 2.75) is 0 Å². The van der Waals surface area contributed by atoms with Gasteiger partial charge in [0.15, 0.2) is 0 Å². The highest BCUT2D eigenvalue weighted by Crippen LogP contribution is 2.30. The average Bonchev–Trinajstić information content (AvgIpc) is 2.83. The Hall–Kier alpha value is -3.57. The van der Waals surface area contributed by atoms with Crippen LogP contribution in [0.1, 0.15) is 11.1 Å². The van der Waals surface area contributed by atoms with Gasteiger partial charge in [-0.25, -0.2) is 0 Å². The summed E-state index contributed by atoms with van der Waals surface area (Å²) < 4.78 is 0. The van der Waals surface area contributed by atoms with Crippen molar-refractivity contribution < 1.29 is 0 Å². The van der Waals surface area contributed by atoms with Crippen LogP contribution >= 0.6 is 0 Å². The summed E-state index contributed by atoms with van der Waals surface area (Å²) in [4.78, 5) is 9.37. The molecule has 1 saturated heterocycles. The Balaban J connectivity index is 1.34. The molecule has 0 aliphatic carbocycles. The average molecular weight is 424 g/mol. The highest BCUT2D eigenvalue weighted by atomic mass is 15.2. The summed E-state index contributed by atoms with van der Waals surface area (Å²) in [6.45, 7) is 5.06. The zero-order valence-electron chi connectivity index (χ0n) is 18.5. The van der Waals surface area contributed by atoms with Crippen LogP contribution in [0, 0.1) is 0 Å². The van der Waals surface area contributed by atoms with E-state index in [2.05, 4.69) is 81.9 Å². The molecule has 5 rings (SSSR count). The number of piperazine rings is 1. The van der Waals surface area contributed by atoms with Crippen molar-refractivity contribution in [1.82, 2.24) is 4.90 Å². The highest BCUT2D eigenvalue weighted by molar-refractivity contribution is 5.94.